The van der Waals surface area contributed by atoms with Gasteiger partial charge in [-0.2, -0.15) is 0 Å². The summed E-state index contributed by atoms with van der Waals surface area (Å²) in [6.07, 6.45) is 0. The lowest BCUT2D eigenvalue weighted by Crippen LogP contribution is -2.12. The highest BCUT2D eigenvalue weighted by Crippen LogP contribution is 2.60. The Morgan fingerprint density at radius 1 is 0.255 bits per heavy atom. The topological polar surface area (TPSA) is 3.24 Å². The summed E-state index contributed by atoms with van der Waals surface area (Å²) in [7, 11) is 0. The number of fused-ring (bicyclic) bond motifs is 7. The molecule has 0 atom stereocenters. The van der Waals surface area contributed by atoms with E-state index in [1.54, 1.807) is 0 Å². The Labute approximate surface area is 321 Å². The first kappa shape index (κ1) is 31.3. The summed E-state index contributed by atoms with van der Waals surface area (Å²) in [4.78, 5) is 2.46. The van der Waals surface area contributed by atoms with Crippen LogP contribution in [0.4, 0.5) is 17.1 Å². The normalized spacial score (nSPS) is 11.6. The average Bonchev–Trinajstić information content (AvgIpc) is 3.26. The van der Waals surface area contributed by atoms with E-state index in [0.29, 0.717) is 0 Å². The Balaban J connectivity index is 1.18. The van der Waals surface area contributed by atoms with Gasteiger partial charge in [-0.15, -0.1) is 0 Å². The number of benzene rings is 10. The minimum absolute atomic E-state index is 1.12. The third-order valence-electron chi connectivity index (χ3n) is 11.4. The molecule has 55 heavy (non-hydrogen) atoms. The second-order valence-electron chi connectivity index (χ2n) is 14.4. The molecule has 256 valence electrons. The van der Waals surface area contributed by atoms with Crippen molar-refractivity contribution in [1.29, 1.82) is 0 Å². The smallest absolute Gasteiger partial charge is 0.0540 e. The SMILES string of the molecule is c1ccc(-c2ccc(N(c3cccc4ccccc34)c3cccc4cc5c(cc34)-c3c-5c(-c4ccccc4)c4ccccc4c3-c3ccccc3)cc2)cc1. The summed E-state index contributed by atoms with van der Waals surface area (Å²) in [6, 6.07) is 77.5. The molecular weight excluding hydrogens is 663 g/mol. The van der Waals surface area contributed by atoms with Gasteiger partial charge in [0.15, 0.2) is 0 Å². The van der Waals surface area contributed by atoms with Crippen LogP contribution < -0.4 is 4.90 Å². The van der Waals surface area contributed by atoms with Crippen LogP contribution in [0.2, 0.25) is 0 Å². The molecule has 0 aromatic heterocycles. The summed E-state index contributed by atoms with van der Waals surface area (Å²) in [5, 5.41) is 7.45. The zero-order valence-corrected chi connectivity index (χ0v) is 30.2. The van der Waals surface area contributed by atoms with Gasteiger partial charge >= 0.3 is 0 Å². The first-order valence-corrected chi connectivity index (χ1v) is 19.0. The molecule has 0 saturated carbocycles. The van der Waals surface area contributed by atoms with E-state index in [4.69, 9.17) is 0 Å². The molecule has 0 radical (unpaired) electrons. The maximum absolute atomic E-state index is 2.47. The van der Waals surface area contributed by atoms with E-state index in [0.717, 1.165) is 17.1 Å². The molecule has 0 unspecified atom stereocenters. The Kier molecular flexibility index (Phi) is 7.25. The third kappa shape index (κ3) is 5.01. The molecule has 0 N–H and O–H groups in total. The monoisotopic (exact) mass is 697 g/mol. The van der Waals surface area contributed by atoms with Crippen LogP contribution >= 0.6 is 0 Å². The van der Waals surface area contributed by atoms with E-state index in [1.165, 1.54) is 88.0 Å². The van der Waals surface area contributed by atoms with Gasteiger partial charge in [0.05, 0.1) is 11.4 Å². The van der Waals surface area contributed by atoms with Crippen molar-refractivity contribution in [2.75, 3.05) is 4.90 Å². The van der Waals surface area contributed by atoms with Crippen LogP contribution in [-0.4, -0.2) is 0 Å². The second-order valence-corrected chi connectivity index (χ2v) is 14.4. The fourth-order valence-electron chi connectivity index (χ4n) is 8.89. The van der Waals surface area contributed by atoms with Gasteiger partial charge in [-0.3, -0.25) is 0 Å². The number of rotatable bonds is 6. The Hall–Kier alpha value is -7.22. The molecule has 0 bridgehead atoms. The maximum Gasteiger partial charge on any atom is 0.0540 e. The van der Waals surface area contributed by atoms with Crippen molar-refractivity contribution in [1.82, 2.24) is 0 Å². The second kappa shape index (κ2) is 12.7. The Morgan fingerprint density at radius 3 is 1.29 bits per heavy atom. The number of hydrogen-bond donors (Lipinski definition) is 0. The predicted molar refractivity (Wildman–Crippen MR) is 234 cm³/mol. The summed E-state index contributed by atoms with van der Waals surface area (Å²) in [5.74, 6) is 0. The van der Waals surface area contributed by atoms with Gasteiger partial charge in [-0.05, 0) is 114 Å². The molecule has 10 aromatic rings. The van der Waals surface area contributed by atoms with Gasteiger partial charge < -0.3 is 4.90 Å². The standard InChI is InChI=1S/C54H35N/c1-4-16-36(17-5-1)37-30-32-42(33-31-37)55(49-28-14-23-38-18-10-11-25-43(38)49)50-29-15-24-41-34-47-48(35-46(41)50)54-52(40-21-8-3-9-22-40)45-27-13-12-26-44(45)51(53(47)54)39-19-6-2-7-20-39/h1-35H. The molecule has 0 aliphatic heterocycles. The van der Waals surface area contributed by atoms with Gasteiger partial charge in [-0.25, -0.2) is 0 Å². The quantitative estimate of drug-likeness (QED) is 0.167. The van der Waals surface area contributed by atoms with Gasteiger partial charge in [0.25, 0.3) is 0 Å². The lowest BCUT2D eigenvalue weighted by atomic mass is 9.70. The minimum atomic E-state index is 1.12. The largest absolute Gasteiger partial charge is 0.309 e. The summed E-state index contributed by atoms with van der Waals surface area (Å²) >= 11 is 0. The molecule has 0 saturated heterocycles. The van der Waals surface area contributed by atoms with Crippen molar-refractivity contribution in [3.8, 4) is 55.6 Å². The van der Waals surface area contributed by atoms with Gasteiger partial charge in [0, 0.05) is 16.5 Å². The molecule has 1 aliphatic rings. The maximum atomic E-state index is 2.47. The molecule has 0 heterocycles. The van der Waals surface area contributed by atoms with Crippen LogP contribution in [0, 0.1) is 0 Å². The molecule has 1 nitrogen and oxygen atoms in total. The van der Waals surface area contributed by atoms with Crippen LogP contribution in [0.25, 0.3) is 88.0 Å². The number of nitrogens with zero attached hydrogens (tertiary/aromatic N) is 1. The zero-order valence-electron chi connectivity index (χ0n) is 30.2. The van der Waals surface area contributed by atoms with Crippen molar-refractivity contribution in [3.63, 3.8) is 0 Å². The first-order chi connectivity index (χ1) is 27.3. The van der Waals surface area contributed by atoms with E-state index in [9.17, 15) is 0 Å². The van der Waals surface area contributed by atoms with Crippen molar-refractivity contribution in [2.24, 2.45) is 0 Å². The summed E-state index contributed by atoms with van der Waals surface area (Å²) in [6.45, 7) is 0. The van der Waals surface area contributed by atoms with E-state index >= 15 is 0 Å². The highest BCUT2D eigenvalue weighted by Gasteiger charge is 2.33. The van der Waals surface area contributed by atoms with Crippen molar-refractivity contribution < 1.29 is 0 Å². The summed E-state index contributed by atoms with van der Waals surface area (Å²) < 4.78 is 0. The summed E-state index contributed by atoms with van der Waals surface area (Å²) in [5.41, 5.74) is 16.2. The molecule has 10 aromatic carbocycles. The number of anilines is 3. The zero-order chi connectivity index (χ0) is 36.3. The van der Waals surface area contributed by atoms with E-state index < -0.39 is 0 Å². The lowest BCUT2D eigenvalue weighted by Gasteiger charge is -2.34. The molecule has 11 rings (SSSR count). The first-order valence-electron chi connectivity index (χ1n) is 19.0. The molecule has 1 aliphatic carbocycles. The molecular formula is C54H35N. The van der Waals surface area contributed by atoms with Gasteiger partial charge in [0.1, 0.15) is 0 Å². The number of hydrogen-bond acceptors (Lipinski definition) is 1. The van der Waals surface area contributed by atoms with Crippen molar-refractivity contribution in [2.45, 2.75) is 0 Å². The van der Waals surface area contributed by atoms with Crippen LogP contribution in [-0.2, 0) is 0 Å². The fourth-order valence-corrected chi connectivity index (χ4v) is 8.89. The Bertz CT molecular complexity index is 3050. The highest BCUT2D eigenvalue weighted by atomic mass is 15.1. The van der Waals surface area contributed by atoms with Crippen molar-refractivity contribution in [3.05, 3.63) is 212 Å². The van der Waals surface area contributed by atoms with Crippen LogP contribution in [0.3, 0.4) is 0 Å². The van der Waals surface area contributed by atoms with Gasteiger partial charge in [-0.1, -0.05) is 176 Å². The van der Waals surface area contributed by atoms with Crippen LogP contribution in [0.1, 0.15) is 0 Å². The highest BCUT2D eigenvalue weighted by molar-refractivity contribution is 6.26. The van der Waals surface area contributed by atoms with E-state index in [-0.39, 0.29) is 0 Å². The van der Waals surface area contributed by atoms with Crippen LogP contribution in [0.5, 0.6) is 0 Å². The molecule has 0 fully saturated rings. The molecule has 1 heteroatoms. The van der Waals surface area contributed by atoms with Gasteiger partial charge in [0.2, 0.25) is 0 Å². The third-order valence-corrected chi connectivity index (χ3v) is 11.4. The van der Waals surface area contributed by atoms with Crippen LogP contribution in [0.15, 0.2) is 212 Å². The van der Waals surface area contributed by atoms with E-state index in [2.05, 4.69) is 217 Å². The minimum Gasteiger partial charge on any atom is -0.309 e. The Morgan fingerprint density at radius 2 is 0.691 bits per heavy atom. The molecule has 0 spiro atoms. The average molecular weight is 698 g/mol. The van der Waals surface area contributed by atoms with Crippen molar-refractivity contribution >= 4 is 49.4 Å². The predicted octanol–water partition coefficient (Wildman–Crippen LogP) is 15.3. The fraction of sp³-hybridized carbons (Fsp3) is 0. The lowest BCUT2D eigenvalue weighted by molar-refractivity contribution is 1.31. The van der Waals surface area contributed by atoms with E-state index in [1.807, 2.05) is 0 Å². The molecule has 0 amide bonds.